The Kier molecular flexibility index (Phi) is 12.9. The van der Waals surface area contributed by atoms with Gasteiger partial charge in [0.2, 0.25) is 11.8 Å². The minimum Gasteiger partial charge on any atom is -0.351 e. The molecule has 24 heavy (non-hydrogen) atoms. The average Bonchev–Trinajstić information content (AvgIpc) is 2.57. The lowest BCUT2D eigenvalue weighted by molar-refractivity contribution is -0.125. The van der Waals surface area contributed by atoms with Crippen LogP contribution in [0.15, 0.2) is 0 Å². The molecule has 0 aliphatic heterocycles. The molecule has 6 heteroatoms. The minimum atomic E-state index is 0.105. The van der Waals surface area contributed by atoms with Crippen molar-refractivity contribution in [1.29, 1.82) is 0 Å². The first-order chi connectivity index (χ1) is 11.7. The fraction of sp³-hybridized carbons (Fsp3) is 0.889. The summed E-state index contributed by atoms with van der Waals surface area (Å²) in [6, 6.07) is 0.211. The molecule has 0 spiro atoms. The molecule has 1 saturated carbocycles. The van der Waals surface area contributed by atoms with Crippen molar-refractivity contribution in [2.45, 2.75) is 89.1 Å². The molecule has 4 nitrogen and oxygen atoms in total. The molecule has 1 fully saturated rings. The molecule has 1 rings (SSSR count). The third kappa shape index (κ3) is 10.0. The summed E-state index contributed by atoms with van der Waals surface area (Å²) in [5, 5.41) is 8.31. The molecule has 140 valence electrons. The number of rotatable bonds is 12. The quantitative estimate of drug-likeness (QED) is 0.329. The van der Waals surface area contributed by atoms with Crippen LogP contribution in [-0.4, -0.2) is 34.6 Å². The van der Waals surface area contributed by atoms with Gasteiger partial charge in [0, 0.05) is 35.6 Å². The molecule has 0 unspecified atom stereocenters. The highest BCUT2D eigenvalue weighted by Gasteiger charge is 2.27. The van der Waals surface area contributed by atoms with Crippen LogP contribution in [0.3, 0.4) is 0 Å². The van der Waals surface area contributed by atoms with Crippen LogP contribution >= 0.6 is 31.9 Å². The van der Waals surface area contributed by atoms with Gasteiger partial charge in [0.15, 0.2) is 0 Å². The minimum absolute atomic E-state index is 0.105. The Hall–Kier alpha value is -0.100. The first-order valence-corrected chi connectivity index (χ1v) is 11.6. The van der Waals surface area contributed by atoms with Gasteiger partial charge in [-0.15, -0.1) is 0 Å². The summed E-state index contributed by atoms with van der Waals surface area (Å²) in [6.07, 6.45) is 11.7. The summed E-state index contributed by atoms with van der Waals surface area (Å²) in [4.78, 5) is 24.2. The van der Waals surface area contributed by atoms with Crippen molar-refractivity contribution in [2.75, 3.05) is 10.7 Å². The second-order valence-electron chi connectivity index (χ2n) is 6.63. The number of nitrogens with one attached hydrogen (secondary N) is 2. The van der Waals surface area contributed by atoms with E-state index in [1.165, 1.54) is 0 Å². The van der Waals surface area contributed by atoms with E-state index in [1.54, 1.807) is 0 Å². The summed E-state index contributed by atoms with van der Waals surface area (Å²) >= 11 is 6.82. The monoisotopic (exact) mass is 466 g/mol. The van der Waals surface area contributed by atoms with Crippen LogP contribution in [-0.2, 0) is 9.59 Å². The van der Waals surface area contributed by atoms with E-state index in [-0.39, 0.29) is 23.9 Å². The molecule has 0 aromatic rings. The van der Waals surface area contributed by atoms with Crippen molar-refractivity contribution < 1.29 is 9.59 Å². The van der Waals surface area contributed by atoms with Gasteiger partial charge in [-0.3, -0.25) is 9.59 Å². The zero-order valence-corrected chi connectivity index (χ0v) is 17.8. The van der Waals surface area contributed by atoms with Crippen LogP contribution < -0.4 is 10.6 Å². The molecule has 0 aromatic heterocycles. The standard InChI is InChI=1S/C18H32Br2N2O2/c19-13-7-1-3-11-17(23)21-15-9-5-6-10-16(15)22-18(24)12-4-2-8-14-20/h15-16H,1-14H2,(H,21,23)(H,22,24)/t15-,16-/m1/s1. The third-order valence-corrected chi connectivity index (χ3v) is 5.66. The number of unbranched alkanes of at least 4 members (excludes halogenated alkanes) is 4. The van der Waals surface area contributed by atoms with Crippen LogP contribution in [0.2, 0.25) is 0 Å². The smallest absolute Gasteiger partial charge is 0.220 e. The van der Waals surface area contributed by atoms with Crippen LogP contribution in [0.4, 0.5) is 0 Å². The topological polar surface area (TPSA) is 58.2 Å². The number of hydrogen-bond acceptors (Lipinski definition) is 2. The van der Waals surface area contributed by atoms with Crippen molar-refractivity contribution >= 4 is 43.7 Å². The van der Waals surface area contributed by atoms with Crippen molar-refractivity contribution in [3.8, 4) is 0 Å². The van der Waals surface area contributed by atoms with E-state index < -0.39 is 0 Å². The van der Waals surface area contributed by atoms with Gasteiger partial charge in [0.05, 0.1) is 0 Å². The number of alkyl halides is 2. The van der Waals surface area contributed by atoms with E-state index in [9.17, 15) is 9.59 Å². The van der Waals surface area contributed by atoms with Crippen molar-refractivity contribution in [3.63, 3.8) is 0 Å². The molecule has 1 aliphatic rings. The molecule has 0 bridgehead atoms. The normalized spacial score (nSPS) is 20.6. The van der Waals surface area contributed by atoms with E-state index in [0.29, 0.717) is 12.8 Å². The van der Waals surface area contributed by atoms with Gasteiger partial charge in [-0.2, -0.15) is 0 Å². The Labute approximate surface area is 163 Å². The van der Waals surface area contributed by atoms with Gasteiger partial charge >= 0.3 is 0 Å². The number of carbonyl (C=O) groups is 2. The highest BCUT2D eigenvalue weighted by atomic mass is 79.9. The fourth-order valence-electron chi connectivity index (χ4n) is 3.15. The highest BCUT2D eigenvalue weighted by Crippen LogP contribution is 2.19. The van der Waals surface area contributed by atoms with E-state index in [2.05, 4.69) is 42.5 Å². The molecule has 0 heterocycles. The molecule has 2 N–H and O–H groups in total. The lowest BCUT2D eigenvalue weighted by Gasteiger charge is -2.33. The van der Waals surface area contributed by atoms with E-state index in [1.807, 2.05) is 0 Å². The summed E-state index contributed by atoms with van der Waals surface area (Å²) in [6.45, 7) is 0. The molecular formula is C18H32Br2N2O2. The Balaban J connectivity index is 2.30. The zero-order valence-electron chi connectivity index (χ0n) is 14.6. The molecule has 0 saturated heterocycles. The SMILES string of the molecule is O=C(CCCCCBr)N[C@@H]1CCCC[C@H]1NC(=O)CCCCCBr. The van der Waals surface area contributed by atoms with Crippen LogP contribution in [0.25, 0.3) is 0 Å². The van der Waals surface area contributed by atoms with Gasteiger partial charge in [0.25, 0.3) is 0 Å². The van der Waals surface area contributed by atoms with E-state index in [0.717, 1.165) is 74.9 Å². The van der Waals surface area contributed by atoms with Gasteiger partial charge in [-0.1, -0.05) is 57.5 Å². The van der Waals surface area contributed by atoms with Crippen molar-refractivity contribution in [3.05, 3.63) is 0 Å². The van der Waals surface area contributed by atoms with E-state index >= 15 is 0 Å². The zero-order chi connectivity index (χ0) is 17.6. The molecule has 0 radical (unpaired) electrons. The summed E-state index contributed by atoms with van der Waals surface area (Å²) in [7, 11) is 0. The fourth-order valence-corrected chi connectivity index (χ4v) is 3.94. The number of halogens is 2. The van der Waals surface area contributed by atoms with Gasteiger partial charge in [0.1, 0.15) is 0 Å². The summed E-state index contributed by atoms with van der Waals surface area (Å²) < 4.78 is 0. The summed E-state index contributed by atoms with van der Waals surface area (Å²) in [5.74, 6) is 0.265. The maximum atomic E-state index is 12.1. The lowest BCUT2D eigenvalue weighted by Crippen LogP contribution is -2.53. The number of carbonyl (C=O) groups excluding carboxylic acids is 2. The highest BCUT2D eigenvalue weighted by molar-refractivity contribution is 9.09. The van der Waals surface area contributed by atoms with Crippen LogP contribution in [0, 0.1) is 0 Å². The second-order valence-corrected chi connectivity index (χ2v) is 8.22. The second kappa shape index (κ2) is 14.1. The molecule has 2 amide bonds. The maximum Gasteiger partial charge on any atom is 0.220 e. The molecule has 0 aromatic carbocycles. The average molecular weight is 468 g/mol. The Morgan fingerprint density at radius 2 is 1.12 bits per heavy atom. The van der Waals surface area contributed by atoms with Crippen LogP contribution in [0.1, 0.15) is 77.0 Å². The summed E-state index contributed by atoms with van der Waals surface area (Å²) in [5.41, 5.74) is 0. The third-order valence-electron chi connectivity index (χ3n) is 4.53. The van der Waals surface area contributed by atoms with Gasteiger partial charge in [-0.25, -0.2) is 0 Å². The first kappa shape index (κ1) is 21.9. The Morgan fingerprint density at radius 1 is 0.708 bits per heavy atom. The van der Waals surface area contributed by atoms with Crippen LogP contribution in [0.5, 0.6) is 0 Å². The molecule has 1 aliphatic carbocycles. The first-order valence-electron chi connectivity index (χ1n) is 9.38. The molecule has 2 atom stereocenters. The van der Waals surface area contributed by atoms with E-state index in [4.69, 9.17) is 0 Å². The predicted octanol–water partition coefficient (Wildman–Crippen LogP) is 4.44. The molecular weight excluding hydrogens is 436 g/mol. The Morgan fingerprint density at radius 3 is 1.50 bits per heavy atom. The Bertz CT molecular complexity index is 333. The lowest BCUT2D eigenvalue weighted by atomic mass is 9.90. The number of amides is 2. The van der Waals surface area contributed by atoms with Crippen molar-refractivity contribution in [1.82, 2.24) is 10.6 Å². The largest absolute Gasteiger partial charge is 0.351 e. The van der Waals surface area contributed by atoms with Gasteiger partial charge < -0.3 is 10.6 Å². The maximum absolute atomic E-state index is 12.1. The van der Waals surface area contributed by atoms with Crippen molar-refractivity contribution in [2.24, 2.45) is 0 Å². The number of hydrogen-bond donors (Lipinski definition) is 2. The predicted molar refractivity (Wildman–Crippen MR) is 107 cm³/mol. The van der Waals surface area contributed by atoms with Gasteiger partial charge in [-0.05, 0) is 38.5 Å².